The number of rotatable bonds is 1. The van der Waals surface area contributed by atoms with Gasteiger partial charge in [-0.2, -0.15) is 0 Å². The first kappa shape index (κ1) is 10.8. The van der Waals surface area contributed by atoms with Crippen LogP contribution in [0.1, 0.15) is 38.5 Å². The third-order valence-corrected chi connectivity index (χ3v) is 4.16. The second-order valence-corrected chi connectivity index (χ2v) is 5.26. The first-order valence-corrected chi connectivity index (χ1v) is 6.69. The average Bonchev–Trinajstić information content (AvgIpc) is 2.39. The summed E-state index contributed by atoms with van der Waals surface area (Å²) in [6.07, 6.45) is 11.5. The van der Waals surface area contributed by atoms with Gasteiger partial charge in [-0.15, -0.1) is 0 Å². The maximum absolute atomic E-state index is 5.64. The van der Waals surface area contributed by atoms with Crippen LogP contribution < -0.4 is 10.6 Å². The van der Waals surface area contributed by atoms with E-state index in [4.69, 9.17) is 5.73 Å². The predicted octanol–water partition coefficient (Wildman–Crippen LogP) is 2.22. The van der Waals surface area contributed by atoms with E-state index in [9.17, 15) is 0 Å². The van der Waals surface area contributed by atoms with Gasteiger partial charge in [-0.1, -0.05) is 12.8 Å². The van der Waals surface area contributed by atoms with Crippen molar-refractivity contribution in [3.63, 3.8) is 0 Å². The van der Waals surface area contributed by atoms with Crippen LogP contribution >= 0.6 is 0 Å². The molecule has 1 saturated carbocycles. The number of piperidine rings is 1. The Morgan fingerprint density at radius 1 is 1.06 bits per heavy atom. The van der Waals surface area contributed by atoms with Gasteiger partial charge >= 0.3 is 0 Å². The van der Waals surface area contributed by atoms with Crippen molar-refractivity contribution >= 4 is 11.6 Å². The molecule has 17 heavy (non-hydrogen) atoms. The lowest BCUT2D eigenvalue weighted by Crippen LogP contribution is -2.47. The predicted molar refractivity (Wildman–Crippen MR) is 68.8 cm³/mol. The Morgan fingerprint density at radius 3 is 2.59 bits per heavy atom. The normalized spacial score (nSPS) is 28.8. The van der Waals surface area contributed by atoms with Gasteiger partial charge in [-0.25, -0.2) is 9.97 Å². The van der Waals surface area contributed by atoms with Crippen LogP contribution in [0.2, 0.25) is 0 Å². The summed E-state index contributed by atoms with van der Waals surface area (Å²) in [7, 11) is 0. The average molecular weight is 232 g/mol. The minimum atomic E-state index is 0.644. The molecule has 1 aliphatic carbocycles. The molecule has 0 radical (unpaired) electrons. The van der Waals surface area contributed by atoms with Crippen molar-refractivity contribution in [3.8, 4) is 0 Å². The molecule has 0 unspecified atom stereocenters. The highest BCUT2D eigenvalue weighted by Gasteiger charge is 2.34. The maximum atomic E-state index is 5.64. The molecular weight excluding hydrogens is 212 g/mol. The van der Waals surface area contributed by atoms with Crippen molar-refractivity contribution < 1.29 is 0 Å². The molecule has 0 bridgehead atoms. The minimum Gasteiger partial charge on any atom is -0.396 e. The zero-order chi connectivity index (χ0) is 11.7. The highest BCUT2D eigenvalue weighted by Crippen LogP contribution is 2.36. The lowest BCUT2D eigenvalue weighted by Gasteiger charge is -2.44. The number of nitrogen functional groups attached to an aromatic ring is 1. The van der Waals surface area contributed by atoms with E-state index in [0.29, 0.717) is 11.7 Å². The second-order valence-electron chi connectivity index (χ2n) is 5.26. The van der Waals surface area contributed by atoms with E-state index in [1.54, 1.807) is 12.4 Å². The van der Waals surface area contributed by atoms with Crippen LogP contribution in [-0.2, 0) is 0 Å². The molecule has 0 aromatic carbocycles. The van der Waals surface area contributed by atoms with Crippen molar-refractivity contribution in [1.29, 1.82) is 0 Å². The third kappa shape index (κ3) is 2.08. The van der Waals surface area contributed by atoms with Gasteiger partial charge in [0.25, 0.3) is 0 Å². The van der Waals surface area contributed by atoms with E-state index in [2.05, 4.69) is 14.9 Å². The molecule has 1 aliphatic heterocycles. The summed E-state index contributed by atoms with van der Waals surface area (Å²) in [5.41, 5.74) is 6.29. The molecule has 1 saturated heterocycles. The molecular formula is C13H20N4. The number of aromatic nitrogens is 2. The SMILES string of the molecule is Nc1cnc(N2CCC[C@H]3CCCC[C@H]32)nc1. The summed E-state index contributed by atoms with van der Waals surface area (Å²) < 4.78 is 0. The fraction of sp³-hybridized carbons (Fsp3) is 0.692. The fourth-order valence-corrected chi connectivity index (χ4v) is 3.35. The van der Waals surface area contributed by atoms with Crippen molar-refractivity contribution in [2.24, 2.45) is 5.92 Å². The molecule has 0 spiro atoms. The summed E-state index contributed by atoms with van der Waals surface area (Å²) in [6.45, 7) is 1.10. The number of anilines is 2. The Hall–Kier alpha value is -1.32. The number of fused-ring (bicyclic) bond motifs is 1. The van der Waals surface area contributed by atoms with Crippen molar-refractivity contribution in [3.05, 3.63) is 12.4 Å². The van der Waals surface area contributed by atoms with Gasteiger partial charge in [-0.05, 0) is 31.6 Å². The molecule has 1 aromatic heterocycles. The molecule has 2 N–H and O–H groups in total. The highest BCUT2D eigenvalue weighted by molar-refractivity contribution is 5.39. The van der Waals surface area contributed by atoms with Crippen LogP contribution in [0.3, 0.4) is 0 Å². The van der Waals surface area contributed by atoms with Gasteiger partial charge in [0.05, 0.1) is 18.1 Å². The number of nitrogens with two attached hydrogens (primary N) is 1. The fourth-order valence-electron chi connectivity index (χ4n) is 3.35. The Morgan fingerprint density at radius 2 is 1.76 bits per heavy atom. The first-order valence-electron chi connectivity index (χ1n) is 6.69. The van der Waals surface area contributed by atoms with E-state index in [0.717, 1.165) is 18.4 Å². The van der Waals surface area contributed by atoms with Crippen LogP contribution in [0.15, 0.2) is 12.4 Å². The number of hydrogen-bond donors (Lipinski definition) is 1. The monoisotopic (exact) mass is 232 g/mol. The zero-order valence-electron chi connectivity index (χ0n) is 10.2. The molecule has 92 valence electrons. The summed E-state index contributed by atoms with van der Waals surface area (Å²) in [4.78, 5) is 11.2. The molecule has 2 heterocycles. The third-order valence-electron chi connectivity index (χ3n) is 4.16. The first-order chi connectivity index (χ1) is 8.34. The van der Waals surface area contributed by atoms with E-state index < -0.39 is 0 Å². The van der Waals surface area contributed by atoms with E-state index in [-0.39, 0.29) is 0 Å². The molecule has 4 nitrogen and oxygen atoms in total. The van der Waals surface area contributed by atoms with Gasteiger partial charge in [0.1, 0.15) is 0 Å². The highest BCUT2D eigenvalue weighted by atomic mass is 15.3. The lowest BCUT2D eigenvalue weighted by atomic mass is 9.78. The number of nitrogens with zero attached hydrogens (tertiary/aromatic N) is 3. The molecule has 1 aromatic rings. The standard InChI is InChI=1S/C13H20N4/c14-11-8-15-13(16-9-11)17-7-3-5-10-4-1-2-6-12(10)17/h8-10,12H,1-7,14H2/t10-,12-/m1/s1. The maximum Gasteiger partial charge on any atom is 0.225 e. The van der Waals surface area contributed by atoms with Gasteiger partial charge in [-0.3, -0.25) is 0 Å². The summed E-state index contributed by atoms with van der Waals surface area (Å²) in [6, 6.07) is 0.668. The Bertz CT molecular complexity index is 374. The number of hydrogen-bond acceptors (Lipinski definition) is 4. The van der Waals surface area contributed by atoms with Crippen LogP contribution in [-0.4, -0.2) is 22.6 Å². The summed E-state index contributed by atoms with van der Waals surface area (Å²) in [5, 5.41) is 0. The Labute approximate surface area is 102 Å². The van der Waals surface area contributed by atoms with E-state index >= 15 is 0 Å². The molecule has 2 atom stereocenters. The second kappa shape index (κ2) is 4.51. The lowest BCUT2D eigenvalue weighted by molar-refractivity contribution is 0.241. The van der Waals surface area contributed by atoms with Crippen LogP contribution in [0, 0.1) is 5.92 Å². The zero-order valence-corrected chi connectivity index (χ0v) is 10.2. The smallest absolute Gasteiger partial charge is 0.225 e. The largest absolute Gasteiger partial charge is 0.396 e. The van der Waals surface area contributed by atoms with E-state index in [1.165, 1.54) is 38.5 Å². The van der Waals surface area contributed by atoms with E-state index in [1.807, 2.05) is 0 Å². The quantitative estimate of drug-likeness (QED) is 0.806. The molecule has 4 heteroatoms. The summed E-state index contributed by atoms with van der Waals surface area (Å²) in [5.74, 6) is 1.73. The minimum absolute atomic E-state index is 0.644. The van der Waals surface area contributed by atoms with Crippen LogP contribution in [0.5, 0.6) is 0 Å². The molecule has 3 rings (SSSR count). The van der Waals surface area contributed by atoms with Crippen molar-refractivity contribution in [2.75, 3.05) is 17.2 Å². The van der Waals surface area contributed by atoms with Gasteiger partial charge < -0.3 is 10.6 Å². The summed E-state index contributed by atoms with van der Waals surface area (Å²) >= 11 is 0. The van der Waals surface area contributed by atoms with Gasteiger partial charge in [0.15, 0.2) is 0 Å². The van der Waals surface area contributed by atoms with Crippen LogP contribution in [0.4, 0.5) is 11.6 Å². The topological polar surface area (TPSA) is 55.0 Å². The Balaban J connectivity index is 1.83. The van der Waals surface area contributed by atoms with Crippen molar-refractivity contribution in [1.82, 2.24) is 9.97 Å². The molecule has 2 aliphatic rings. The van der Waals surface area contributed by atoms with Crippen LogP contribution in [0.25, 0.3) is 0 Å². The molecule has 0 amide bonds. The van der Waals surface area contributed by atoms with Gasteiger partial charge in [0, 0.05) is 12.6 Å². The molecule has 2 fully saturated rings. The van der Waals surface area contributed by atoms with Gasteiger partial charge in [0.2, 0.25) is 5.95 Å². The Kier molecular flexibility index (Phi) is 2.87. The van der Waals surface area contributed by atoms with Crippen molar-refractivity contribution in [2.45, 2.75) is 44.6 Å².